The van der Waals surface area contributed by atoms with E-state index >= 15 is 0 Å². The molecule has 0 radical (unpaired) electrons. The van der Waals surface area contributed by atoms with Crippen LogP contribution in [-0.4, -0.2) is 48.6 Å². The molecule has 1 rings (SSSR count). The number of nitriles is 2. The van der Waals surface area contributed by atoms with Gasteiger partial charge in [0.05, 0.1) is 23.6 Å². The smallest absolute Gasteiger partial charge is 0.0950 e. The molecule has 106 valence electrons. The number of hydrogen-bond acceptors (Lipinski definition) is 4. The van der Waals surface area contributed by atoms with Gasteiger partial charge in [-0.25, -0.2) is 0 Å². The lowest BCUT2D eigenvalue weighted by atomic mass is 9.89. The molecule has 4 nitrogen and oxygen atoms in total. The molecule has 1 unspecified atom stereocenters. The summed E-state index contributed by atoms with van der Waals surface area (Å²) >= 11 is 0. The van der Waals surface area contributed by atoms with Crippen LogP contribution in [0.3, 0.4) is 0 Å². The Bertz CT molecular complexity index is 342. The van der Waals surface area contributed by atoms with E-state index in [0.717, 1.165) is 45.6 Å². The van der Waals surface area contributed by atoms with Gasteiger partial charge in [-0.15, -0.1) is 0 Å². The second-order valence-corrected chi connectivity index (χ2v) is 6.14. The average molecular weight is 262 g/mol. The molecule has 0 N–H and O–H groups in total. The summed E-state index contributed by atoms with van der Waals surface area (Å²) in [5.41, 5.74) is -0.180. The van der Waals surface area contributed by atoms with Crippen molar-refractivity contribution in [2.24, 2.45) is 5.41 Å². The van der Waals surface area contributed by atoms with Gasteiger partial charge in [-0.3, -0.25) is 4.90 Å². The highest BCUT2D eigenvalue weighted by Gasteiger charge is 2.21. The van der Waals surface area contributed by atoms with Crippen LogP contribution >= 0.6 is 0 Å². The molecule has 0 aromatic carbocycles. The minimum atomic E-state index is -0.180. The summed E-state index contributed by atoms with van der Waals surface area (Å²) in [5.74, 6) is 0. The van der Waals surface area contributed by atoms with Crippen molar-refractivity contribution in [3.05, 3.63) is 0 Å². The summed E-state index contributed by atoms with van der Waals surface area (Å²) in [5, 5.41) is 17.8. The first kappa shape index (κ1) is 16.0. The summed E-state index contributed by atoms with van der Waals surface area (Å²) in [6.45, 7) is 11.2. The van der Waals surface area contributed by atoms with E-state index < -0.39 is 0 Å². The first-order valence-electron chi connectivity index (χ1n) is 7.26. The van der Waals surface area contributed by atoms with Gasteiger partial charge < -0.3 is 4.90 Å². The lowest BCUT2D eigenvalue weighted by Gasteiger charge is -2.35. The van der Waals surface area contributed by atoms with Crippen molar-refractivity contribution in [2.75, 3.05) is 32.7 Å². The molecule has 1 aliphatic rings. The van der Waals surface area contributed by atoms with Gasteiger partial charge in [0, 0.05) is 26.2 Å². The highest BCUT2D eigenvalue weighted by Crippen LogP contribution is 2.21. The van der Waals surface area contributed by atoms with E-state index in [-0.39, 0.29) is 11.5 Å². The minimum absolute atomic E-state index is 0.0403. The second kappa shape index (κ2) is 7.48. The second-order valence-electron chi connectivity index (χ2n) is 6.14. The van der Waals surface area contributed by atoms with E-state index in [1.165, 1.54) is 6.42 Å². The summed E-state index contributed by atoms with van der Waals surface area (Å²) in [6, 6.07) is 4.70. The Morgan fingerprint density at radius 1 is 1.11 bits per heavy atom. The van der Waals surface area contributed by atoms with Crippen molar-refractivity contribution in [3.63, 3.8) is 0 Å². The summed E-state index contributed by atoms with van der Waals surface area (Å²) in [4.78, 5) is 4.72. The van der Waals surface area contributed by atoms with Crippen LogP contribution in [0.2, 0.25) is 0 Å². The molecule has 0 saturated carbocycles. The van der Waals surface area contributed by atoms with Gasteiger partial charge in [0.1, 0.15) is 0 Å². The molecule has 1 fully saturated rings. The fourth-order valence-corrected chi connectivity index (χ4v) is 2.41. The van der Waals surface area contributed by atoms with Crippen molar-refractivity contribution in [3.8, 4) is 12.1 Å². The van der Waals surface area contributed by atoms with E-state index in [4.69, 9.17) is 10.5 Å². The predicted molar refractivity (Wildman–Crippen MR) is 76.3 cm³/mol. The van der Waals surface area contributed by atoms with Gasteiger partial charge in [0.25, 0.3) is 0 Å². The number of nitrogens with zero attached hydrogens (tertiary/aromatic N) is 4. The summed E-state index contributed by atoms with van der Waals surface area (Å²) < 4.78 is 0. The maximum Gasteiger partial charge on any atom is 0.0950 e. The lowest BCUT2D eigenvalue weighted by Crippen LogP contribution is -2.49. The van der Waals surface area contributed by atoms with Crippen LogP contribution in [0.4, 0.5) is 0 Å². The molecule has 1 saturated heterocycles. The zero-order valence-corrected chi connectivity index (χ0v) is 12.5. The number of piperazine rings is 1. The maximum atomic E-state index is 8.95. The fraction of sp³-hybridized carbons (Fsp3) is 0.867. The van der Waals surface area contributed by atoms with Gasteiger partial charge in [-0.1, -0.05) is 6.42 Å². The minimum Gasteiger partial charge on any atom is -0.301 e. The standard InChI is InChI=1S/C15H26N4/c1-14(12-16)19-10-8-18(9-11-19)7-5-4-6-15(2,3)13-17/h14H,4-11H2,1-3H3. The molecular weight excluding hydrogens is 236 g/mol. The molecule has 0 aromatic heterocycles. The molecular formula is C15H26N4. The normalized spacial score (nSPS) is 19.6. The Labute approximate surface area is 117 Å². The molecule has 0 bridgehead atoms. The Balaban J connectivity index is 2.14. The van der Waals surface area contributed by atoms with Crippen LogP contribution in [-0.2, 0) is 0 Å². The Kier molecular flexibility index (Phi) is 6.28. The third-order valence-corrected chi connectivity index (χ3v) is 3.97. The molecule has 1 heterocycles. The largest absolute Gasteiger partial charge is 0.301 e. The molecule has 4 heteroatoms. The predicted octanol–water partition coefficient (Wildman–Crippen LogP) is 2.24. The van der Waals surface area contributed by atoms with Crippen LogP contribution in [0, 0.1) is 28.1 Å². The summed E-state index contributed by atoms with van der Waals surface area (Å²) in [6.07, 6.45) is 3.27. The summed E-state index contributed by atoms with van der Waals surface area (Å²) in [7, 11) is 0. The molecule has 0 aliphatic carbocycles. The highest BCUT2D eigenvalue weighted by atomic mass is 15.3. The molecule has 1 aliphatic heterocycles. The van der Waals surface area contributed by atoms with Crippen molar-refractivity contribution < 1.29 is 0 Å². The lowest BCUT2D eigenvalue weighted by molar-refractivity contribution is 0.117. The monoisotopic (exact) mass is 262 g/mol. The topological polar surface area (TPSA) is 54.1 Å². The molecule has 1 atom stereocenters. The third-order valence-electron chi connectivity index (χ3n) is 3.97. The van der Waals surface area contributed by atoms with Crippen molar-refractivity contribution >= 4 is 0 Å². The van der Waals surface area contributed by atoms with Gasteiger partial charge in [0.2, 0.25) is 0 Å². The van der Waals surface area contributed by atoms with Gasteiger partial charge in [-0.2, -0.15) is 10.5 Å². The van der Waals surface area contributed by atoms with Crippen LogP contribution in [0.5, 0.6) is 0 Å². The number of rotatable bonds is 6. The Morgan fingerprint density at radius 3 is 2.26 bits per heavy atom. The SMILES string of the molecule is CC(C#N)N1CCN(CCCCC(C)(C)C#N)CC1. The zero-order chi connectivity index (χ0) is 14.3. The Morgan fingerprint density at radius 2 is 1.74 bits per heavy atom. The van der Waals surface area contributed by atoms with Gasteiger partial charge in [0.15, 0.2) is 0 Å². The maximum absolute atomic E-state index is 8.95. The highest BCUT2D eigenvalue weighted by molar-refractivity contribution is 4.92. The average Bonchev–Trinajstić information content (AvgIpc) is 2.43. The van der Waals surface area contributed by atoms with E-state index in [0.29, 0.717) is 0 Å². The van der Waals surface area contributed by atoms with Crippen LogP contribution in [0.25, 0.3) is 0 Å². The van der Waals surface area contributed by atoms with Gasteiger partial charge >= 0.3 is 0 Å². The molecule has 19 heavy (non-hydrogen) atoms. The fourth-order valence-electron chi connectivity index (χ4n) is 2.41. The van der Waals surface area contributed by atoms with E-state index in [2.05, 4.69) is 21.9 Å². The van der Waals surface area contributed by atoms with E-state index in [9.17, 15) is 0 Å². The molecule has 0 spiro atoms. The quantitative estimate of drug-likeness (QED) is 0.689. The third kappa shape index (κ3) is 5.59. The Hall–Kier alpha value is -1.10. The first-order chi connectivity index (χ1) is 8.98. The van der Waals surface area contributed by atoms with Crippen LogP contribution in [0.15, 0.2) is 0 Å². The van der Waals surface area contributed by atoms with Crippen LogP contribution < -0.4 is 0 Å². The van der Waals surface area contributed by atoms with Crippen LogP contribution in [0.1, 0.15) is 40.0 Å². The molecule has 0 amide bonds. The van der Waals surface area contributed by atoms with Gasteiger partial charge in [-0.05, 0) is 40.2 Å². The number of hydrogen-bond donors (Lipinski definition) is 0. The van der Waals surface area contributed by atoms with Crippen molar-refractivity contribution in [2.45, 2.75) is 46.1 Å². The van der Waals surface area contributed by atoms with E-state index in [1.54, 1.807) is 0 Å². The number of unbranched alkanes of at least 4 members (excludes halogenated alkanes) is 1. The van der Waals surface area contributed by atoms with E-state index in [1.807, 2.05) is 20.8 Å². The van der Waals surface area contributed by atoms with Crippen molar-refractivity contribution in [1.82, 2.24) is 9.80 Å². The zero-order valence-electron chi connectivity index (χ0n) is 12.5. The van der Waals surface area contributed by atoms with Crippen molar-refractivity contribution in [1.29, 1.82) is 10.5 Å². The first-order valence-corrected chi connectivity index (χ1v) is 7.26. The molecule has 0 aromatic rings.